The molecule has 0 saturated heterocycles. The average molecular weight is 404 g/mol. The summed E-state index contributed by atoms with van der Waals surface area (Å²) in [5.41, 5.74) is 2.40. The molecule has 0 spiro atoms. The summed E-state index contributed by atoms with van der Waals surface area (Å²) < 4.78 is 15.3. The maximum Gasteiger partial charge on any atom is 0.258 e. The van der Waals surface area contributed by atoms with Crippen LogP contribution in [0.15, 0.2) is 90.3 Å². The highest BCUT2D eigenvalue weighted by Crippen LogP contribution is 2.22. The van der Waals surface area contributed by atoms with Crippen LogP contribution in [0.5, 0.6) is 0 Å². The molecule has 0 aliphatic carbocycles. The van der Waals surface area contributed by atoms with Crippen LogP contribution in [0.1, 0.15) is 15.9 Å². The summed E-state index contributed by atoms with van der Waals surface area (Å²) in [7, 11) is 0. The Morgan fingerprint density at radius 3 is 2.76 bits per heavy atom. The molecule has 4 aromatic rings. The summed E-state index contributed by atoms with van der Waals surface area (Å²) in [6, 6.07) is 19.7. The van der Waals surface area contributed by atoms with Gasteiger partial charge in [0.2, 0.25) is 0 Å². The third-order valence-electron chi connectivity index (χ3n) is 4.15. The Labute approximate surface area is 171 Å². The van der Waals surface area contributed by atoms with E-state index >= 15 is 0 Å². The molecule has 1 N–H and O–H groups in total. The first-order chi connectivity index (χ1) is 14.2. The third-order valence-corrected chi connectivity index (χ3v) is 5.17. The first-order valence-corrected chi connectivity index (χ1v) is 9.91. The molecule has 0 radical (unpaired) electrons. The number of para-hydroxylation sites is 1. The van der Waals surface area contributed by atoms with Gasteiger partial charge in [0.1, 0.15) is 11.5 Å². The van der Waals surface area contributed by atoms with Crippen molar-refractivity contribution in [2.75, 3.05) is 5.32 Å². The van der Waals surface area contributed by atoms with E-state index in [1.165, 1.54) is 23.1 Å². The van der Waals surface area contributed by atoms with E-state index in [0.29, 0.717) is 16.9 Å². The van der Waals surface area contributed by atoms with Gasteiger partial charge in [-0.2, -0.15) is 5.10 Å². The fraction of sp³-hybridized carbons (Fsp3) is 0.0455. The minimum atomic E-state index is -0.402. The van der Waals surface area contributed by atoms with E-state index < -0.39 is 5.82 Å². The first kappa shape index (κ1) is 18.9. The van der Waals surface area contributed by atoms with Crippen LogP contribution in [0.2, 0.25) is 0 Å². The van der Waals surface area contributed by atoms with E-state index in [-0.39, 0.29) is 5.91 Å². The summed E-state index contributed by atoms with van der Waals surface area (Å²) in [6.45, 7) is 0. The molecule has 0 aliphatic heterocycles. The van der Waals surface area contributed by atoms with Gasteiger partial charge in [-0.15, -0.1) is 11.8 Å². The van der Waals surface area contributed by atoms with Gasteiger partial charge < -0.3 is 5.32 Å². The maximum absolute atomic E-state index is 13.9. The summed E-state index contributed by atoms with van der Waals surface area (Å²) in [6.07, 6.45) is 4.69. The number of carbonyl (C=O) groups excluding carboxylic acids is 1. The molecule has 5 nitrogen and oxygen atoms in total. The number of aromatic nitrogens is 3. The van der Waals surface area contributed by atoms with Gasteiger partial charge in [-0.3, -0.25) is 4.79 Å². The van der Waals surface area contributed by atoms with Crippen LogP contribution in [0.4, 0.5) is 10.1 Å². The molecule has 0 bridgehead atoms. The lowest BCUT2D eigenvalue weighted by molar-refractivity contribution is 0.102. The number of benzene rings is 2. The largest absolute Gasteiger partial charge is 0.322 e. The topological polar surface area (TPSA) is 59.8 Å². The predicted molar refractivity (Wildman–Crippen MR) is 112 cm³/mol. The van der Waals surface area contributed by atoms with Crippen molar-refractivity contribution in [1.29, 1.82) is 0 Å². The number of hydrogen-bond acceptors (Lipinski definition) is 4. The molecular weight excluding hydrogens is 387 g/mol. The summed E-state index contributed by atoms with van der Waals surface area (Å²) in [4.78, 5) is 16.9. The van der Waals surface area contributed by atoms with E-state index in [2.05, 4.69) is 15.4 Å². The van der Waals surface area contributed by atoms with E-state index in [1.807, 2.05) is 42.5 Å². The lowest BCUT2D eigenvalue weighted by Gasteiger charge is -2.07. The number of nitrogens with one attached hydrogen (secondary N) is 1. The SMILES string of the molecule is O=C(Nc1cccc(CSc2ccccn2)c1)c1cnn(-c2ccccc2F)c1. The Morgan fingerprint density at radius 2 is 1.93 bits per heavy atom. The number of carbonyl (C=O) groups is 1. The average Bonchev–Trinajstić information content (AvgIpc) is 3.24. The number of anilines is 1. The van der Waals surface area contributed by atoms with E-state index in [1.54, 1.807) is 36.2 Å². The van der Waals surface area contributed by atoms with Crippen molar-refractivity contribution < 1.29 is 9.18 Å². The molecule has 1 amide bonds. The summed E-state index contributed by atoms with van der Waals surface area (Å²) >= 11 is 1.63. The van der Waals surface area contributed by atoms with Gasteiger partial charge in [0.15, 0.2) is 0 Å². The fourth-order valence-corrected chi connectivity index (χ4v) is 3.55. The second kappa shape index (κ2) is 8.70. The lowest BCUT2D eigenvalue weighted by atomic mass is 10.2. The summed E-state index contributed by atoms with van der Waals surface area (Å²) in [5, 5.41) is 7.91. The Hall–Kier alpha value is -3.45. The van der Waals surface area contributed by atoms with Crippen LogP contribution in [0.25, 0.3) is 5.69 Å². The molecule has 7 heteroatoms. The number of halogens is 1. The van der Waals surface area contributed by atoms with Crippen molar-refractivity contribution >= 4 is 23.4 Å². The Balaban J connectivity index is 1.43. The molecule has 0 aliphatic rings. The smallest absolute Gasteiger partial charge is 0.258 e. The highest BCUT2D eigenvalue weighted by molar-refractivity contribution is 7.98. The second-order valence-electron chi connectivity index (χ2n) is 6.24. The van der Waals surface area contributed by atoms with Crippen LogP contribution in [0, 0.1) is 5.82 Å². The second-order valence-corrected chi connectivity index (χ2v) is 7.23. The standard InChI is InChI=1S/C22H17FN4OS/c23-19-8-1-2-9-20(19)27-14-17(13-25-27)22(28)26-18-7-5-6-16(12-18)15-29-21-10-3-4-11-24-21/h1-14H,15H2,(H,26,28). The minimum absolute atomic E-state index is 0.292. The predicted octanol–water partition coefficient (Wildman–Crippen LogP) is 4.95. The first-order valence-electron chi connectivity index (χ1n) is 8.93. The highest BCUT2D eigenvalue weighted by Gasteiger charge is 2.12. The van der Waals surface area contributed by atoms with Crippen LogP contribution in [0.3, 0.4) is 0 Å². The van der Waals surface area contributed by atoms with Crippen molar-refractivity contribution in [3.8, 4) is 5.69 Å². The molecule has 0 saturated carbocycles. The van der Waals surface area contributed by atoms with Gasteiger partial charge in [0.25, 0.3) is 5.91 Å². The van der Waals surface area contributed by atoms with Crippen molar-refractivity contribution in [2.45, 2.75) is 10.8 Å². The van der Waals surface area contributed by atoms with Gasteiger partial charge in [-0.05, 0) is 42.0 Å². The number of nitrogens with zero attached hydrogens (tertiary/aromatic N) is 3. The number of hydrogen-bond donors (Lipinski definition) is 1. The van der Waals surface area contributed by atoms with Gasteiger partial charge in [-0.25, -0.2) is 14.1 Å². The van der Waals surface area contributed by atoms with Gasteiger partial charge in [-0.1, -0.05) is 30.3 Å². The number of thioether (sulfide) groups is 1. The molecule has 144 valence electrons. The number of pyridine rings is 1. The Bertz CT molecular complexity index is 1130. The molecule has 0 unspecified atom stereocenters. The zero-order valence-corrected chi connectivity index (χ0v) is 16.1. The molecule has 2 heterocycles. The zero-order chi connectivity index (χ0) is 20.1. The van der Waals surface area contributed by atoms with Crippen LogP contribution in [-0.2, 0) is 5.75 Å². The molecule has 0 atom stereocenters. The Kier molecular flexibility index (Phi) is 5.67. The van der Waals surface area contributed by atoms with Gasteiger partial charge >= 0.3 is 0 Å². The molecule has 29 heavy (non-hydrogen) atoms. The maximum atomic E-state index is 13.9. The van der Waals surface area contributed by atoms with E-state index in [0.717, 1.165) is 16.3 Å². The molecular formula is C22H17FN4OS. The third kappa shape index (κ3) is 4.70. The van der Waals surface area contributed by atoms with Crippen LogP contribution >= 0.6 is 11.8 Å². The van der Waals surface area contributed by atoms with Crippen LogP contribution in [-0.4, -0.2) is 20.7 Å². The molecule has 0 fully saturated rings. The van der Waals surface area contributed by atoms with Crippen molar-refractivity contribution in [3.05, 3.63) is 102 Å². The van der Waals surface area contributed by atoms with Crippen molar-refractivity contribution in [1.82, 2.24) is 14.8 Å². The molecule has 4 rings (SSSR count). The van der Waals surface area contributed by atoms with E-state index in [4.69, 9.17) is 0 Å². The van der Waals surface area contributed by atoms with Gasteiger partial charge in [0, 0.05) is 23.8 Å². The zero-order valence-electron chi connectivity index (χ0n) is 15.3. The molecule has 2 aromatic carbocycles. The van der Waals surface area contributed by atoms with E-state index in [9.17, 15) is 9.18 Å². The normalized spacial score (nSPS) is 10.7. The van der Waals surface area contributed by atoms with Crippen molar-refractivity contribution in [3.63, 3.8) is 0 Å². The molecule has 2 aromatic heterocycles. The van der Waals surface area contributed by atoms with Crippen molar-refractivity contribution in [2.24, 2.45) is 0 Å². The number of rotatable bonds is 6. The summed E-state index contributed by atoms with van der Waals surface area (Å²) in [5.74, 6) is 0.0362. The number of amides is 1. The minimum Gasteiger partial charge on any atom is -0.322 e. The highest BCUT2D eigenvalue weighted by atomic mass is 32.2. The fourth-order valence-electron chi connectivity index (χ4n) is 2.74. The quantitative estimate of drug-likeness (QED) is 0.462. The monoisotopic (exact) mass is 404 g/mol. The van der Waals surface area contributed by atoms with Gasteiger partial charge in [0.05, 0.1) is 16.8 Å². The van der Waals surface area contributed by atoms with Crippen LogP contribution < -0.4 is 5.32 Å². The Morgan fingerprint density at radius 1 is 1.07 bits per heavy atom. The lowest BCUT2D eigenvalue weighted by Crippen LogP contribution is -2.11.